The Labute approximate surface area is 224 Å². The predicted octanol–water partition coefficient (Wildman–Crippen LogP) is 8.01. The molecule has 0 saturated heterocycles. The smallest absolute Gasteiger partial charge is 0.283 e. The molecule has 2 N–H and O–H groups in total. The third-order valence-electron chi connectivity index (χ3n) is 6.98. The van der Waals surface area contributed by atoms with Gasteiger partial charge in [-0.3, -0.25) is 10.1 Å². The Bertz CT molecular complexity index is 1630. The highest BCUT2D eigenvalue weighted by molar-refractivity contribution is 7.99. The third kappa shape index (κ3) is 4.42. The molecular weight excluding hydrogens is 502 g/mol. The van der Waals surface area contributed by atoms with E-state index >= 15 is 0 Å². The fourth-order valence-corrected chi connectivity index (χ4v) is 6.38. The van der Waals surface area contributed by atoms with Crippen molar-refractivity contribution in [3.05, 3.63) is 134 Å². The van der Waals surface area contributed by atoms with Crippen LogP contribution in [0.1, 0.15) is 39.9 Å². The molecule has 0 saturated carbocycles. The van der Waals surface area contributed by atoms with Gasteiger partial charge < -0.3 is 10.3 Å². The second-order valence-electron chi connectivity index (χ2n) is 9.31. The van der Waals surface area contributed by atoms with Crippen molar-refractivity contribution in [1.82, 2.24) is 10.3 Å². The van der Waals surface area contributed by atoms with E-state index in [4.69, 9.17) is 11.6 Å². The van der Waals surface area contributed by atoms with E-state index < -0.39 is 0 Å². The summed E-state index contributed by atoms with van der Waals surface area (Å²) >= 11 is 8.04. The van der Waals surface area contributed by atoms with Crippen LogP contribution in [0.4, 0.5) is 5.69 Å². The summed E-state index contributed by atoms with van der Waals surface area (Å²) in [5.41, 5.74) is 6.43. The number of aryl methyl sites for hydroxylation is 1. The molecule has 37 heavy (non-hydrogen) atoms. The van der Waals surface area contributed by atoms with E-state index in [1.807, 2.05) is 73.7 Å². The predicted molar refractivity (Wildman–Crippen MR) is 150 cm³/mol. The van der Waals surface area contributed by atoms with E-state index in [0.717, 1.165) is 43.2 Å². The maximum Gasteiger partial charge on any atom is 0.283 e. The Morgan fingerprint density at radius 1 is 0.973 bits per heavy atom. The highest BCUT2D eigenvalue weighted by Gasteiger charge is 2.34. The van der Waals surface area contributed by atoms with Crippen molar-refractivity contribution in [2.24, 2.45) is 0 Å². The summed E-state index contributed by atoms with van der Waals surface area (Å²) in [5.74, 6) is 0.0578. The van der Waals surface area contributed by atoms with Crippen molar-refractivity contribution in [3.8, 4) is 0 Å². The SMILES string of the molecule is Cc1ccc(Sc2ccc([C@H]3NC[C@@H](c4ccccc4Cl)c4c3[nH]c3ccccc43)cc2[N+](=O)[O-])cc1. The zero-order chi connectivity index (χ0) is 25.5. The first-order valence-corrected chi connectivity index (χ1v) is 13.3. The van der Waals surface area contributed by atoms with Crippen LogP contribution in [0.25, 0.3) is 10.9 Å². The van der Waals surface area contributed by atoms with E-state index in [0.29, 0.717) is 11.4 Å². The number of rotatable bonds is 5. The van der Waals surface area contributed by atoms with E-state index in [1.54, 1.807) is 6.07 Å². The van der Waals surface area contributed by atoms with Gasteiger partial charge in [0.1, 0.15) is 0 Å². The number of fused-ring (bicyclic) bond motifs is 3. The molecule has 6 rings (SSSR count). The molecule has 1 aromatic heterocycles. The largest absolute Gasteiger partial charge is 0.357 e. The summed E-state index contributed by atoms with van der Waals surface area (Å²) in [7, 11) is 0. The number of hydrogen-bond acceptors (Lipinski definition) is 4. The van der Waals surface area contributed by atoms with Crippen LogP contribution in [-0.2, 0) is 0 Å². The number of benzene rings is 4. The van der Waals surface area contributed by atoms with E-state index in [1.165, 1.54) is 17.3 Å². The number of para-hydroxylation sites is 1. The summed E-state index contributed by atoms with van der Waals surface area (Å²) in [6.45, 7) is 2.69. The van der Waals surface area contributed by atoms with Gasteiger partial charge in [-0.15, -0.1) is 0 Å². The third-order valence-corrected chi connectivity index (χ3v) is 8.40. The highest BCUT2D eigenvalue weighted by Crippen LogP contribution is 2.44. The van der Waals surface area contributed by atoms with Gasteiger partial charge in [0, 0.05) is 45.0 Å². The first-order chi connectivity index (χ1) is 18.0. The van der Waals surface area contributed by atoms with Gasteiger partial charge in [-0.25, -0.2) is 0 Å². The van der Waals surface area contributed by atoms with Crippen LogP contribution < -0.4 is 5.32 Å². The van der Waals surface area contributed by atoms with Crippen LogP contribution in [0.2, 0.25) is 5.02 Å². The number of hydrogen-bond donors (Lipinski definition) is 2. The highest BCUT2D eigenvalue weighted by atomic mass is 35.5. The van der Waals surface area contributed by atoms with Gasteiger partial charge >= 0.3 is 0 Å². The number of aromatic amines is 1. The first kappa shape index (κ1) is 23.8. The maximum atomic E-state index is 12.1. The Morgan fingerprint density at radius 2 is 1.73 bits per heavy atom. The minimum atomic E-state index is -0.290. The number of halogens is 1. The topological polar surface area (TPSA) is 71.0 Å². The molecule has 2 atom stereocenters. The molecule has 0 unspecified atom stereocenters. The summed E-state index contributed by atoms with van der Waals surface area (Å²) in [6, 6.07) is 29.6. The minimum absolute atomic E-state index is 0.0578. The molecule has 4 aromatic carbocycles. The average Bonchev–Trinajstić information content (AvgIpc) is 3.30. The average molecular weight is 526 g/mol. The second-order valence-corrected chi connectivity index (χ2v) is 10.8. The molecule has 0 fully saturated rings. The number of H-pyrrole nitrogens is 1. The first-order valence-electron chi connectivity index (χ1n) is 12.1. The van der Waals surface area contributed by atoms with Gasteiger partial charge in [0.2, 0.25) is 0 Å². The molecule has 1 aliphatic heterocycles. The molecule has 1 aliphatic rings. The maximum absolute atomic E-state index is 12.1. The van der Waals surface area contributed by atoms with Gasteiger partial charge in [-0.2, -0.15) is 0 Å². The molecule has 184 valence electrons. The second kappa shape index (κ2) is 9.71. The Morgan fingerprint density at radius 3 is 2.51 bits per heavy atom. The number of aromatic nitrogens is 1. The fraction of sp³-hybridized carbons (Fsp3) is 0.133. The lowest BCUT2D eigenvalue weighted by Gasteiger charge is -2.31. The van der Waals surface area contributed by atoms with E-state index in [9.17, 15) is 10.1 Å². The molecule has 5 nitrogen and oxygen atoms in total. The molecule has 7 heteroatoms. The Balaban J connectivity index is 1.44. The van der Waals surface area contributed by atoms with Crippen LogP contribution >= 0.6 is 23.4 Å². The van der Waals surface area contributed by atoms with Crippen molar-refractivity contribution < 1.29 is 4.92 Å². The monoisotopic (exact) mass is 525 g/mol. The van der Waals surface area contributed by atoms with Gasteiger partial charge in [-0.05, 0) is 53.9 Å². The van der Waals surface area contributed by atoms with Crippen molar-refractivity contribution in [2.45, 2.75) is 28.7 Å². The standard InChI is InChI=1S/C30H24ClN3O2S/c1-18-10-13-20(14-11-18)37-27-15-12-19(16-26(27)34(35)36)29-30-28(22-7-3-5-9-25(22)33-30)23(17-32-29)21-6-2-4-8-24(21)31/h2-16,23,29,32-33H,17H2,1H3/t23-,29+/m0/s1. The quantitative estimate of drug-likeness (QED) is 0.180. The molecule has 0 spiro atoms. The summed E-state index contributed by atoms with van der Waals surface area (Å²) in [4.78, 5) is 17.0. The van der Waals surface area contributed by atoms with Crippen molar-refractivity contribution in [1.29, 1.82) is 0 Å². The normalized spacial score (nSPS) is 17.0. The van der Waals surface area contributed by atoms with Crippen molar-refractivity contribution >= 4 is 40.0 Å². The lowest BCUT2D eigenvalue weighted by molar-refractivity contribution is -0.387. The Kier molecular flexibility index (Phi) is 6.24. The van der Waals surface area contributed by atoms with Crippen molar-refractivity contribution in [3.63, 3.8) is 0 Å². The summed E-state index contributed by atoms with van der Waals surface area (Å²) in [5, 5.41) is 17.6. The van der Waals surface area contributed by atoms with Gasteiger partial charge in [0.15, 0.2) is 0 Å². The van der Waals surface area contributed by atoms with Gasteiger partial charge in [0.05, 0.1) is 15.9 Å². The molecule has 2 heterocycles. The van der Waals surface area contributed by atoms with Crippen LogP contribution in [-0.4, -0.2) is 16.5 Å². The van der Waals surface area contributed by atoms with Crippen LogP contribution in [0, 0.1) is 17.0 Å². The minimum Gasteiger partial charge on any atom is -0.357 e. The molecule has 0 amide bonds. The van der Waals surface area contributed by atoms with Crippen LogP contribution in [0.5, 0.6) is 0 Å². The lowest BCUT2D eigenvalue weighted by Crippen LogP contribution is -2.34. The zero-order valence-corrected chi connectivity index (χ0v) is 21.6. The van der Waals surface area contributed by atoms with Gasteiger partial charge in [0.25, 0.3) is 5.69 Å². The van der Waals surface area contributed by atoms with Gasteiger partial charge in [-0.1, -0.05) is 83.5 Å². The van der Waals surface area contributed by atoms with E-state index in [-0.39, 0.29) is 22.6 Å². The molecule has 5 aromatic rings. The van der Waals surface area contributed by atoms with Crippen LogP contribution in [0.15, 0.2) is 101 Å². The molecule has 0 bridgehead atoms. The van der Waals surface area contributed by atoms with Crippen LogP contribution in [0.3, 0.4) is 0 Å². The number of nitro benzene ring substituents is 1. The fourth-order valence-electron chi connectivity index (χ4n) is 5.21. The molecule has 0 aliphatic carbocycles. The van der Waals surface area contributed by atoms with Crippen molar-refractivity contribution in [2.75, 3.05) is 6.54 Å². The number of nitrogens with one attached hydrogen (secondary N) is 2. The molecular formula is C30H24ClN3O2S. The zero-order valence-electron chi connectivity index (χ0n) is 20.1. The lowest BCUT2D eigenvalue weighted by atomic mass is 9.83. The Hall–Kier alpha value is -3.58. The number of nitrogens with zero attached hydrogens (tertiary/aromatic N) is 1. The number of nitro groups is 1. The summed E-state index contributed by atoms with van der Waals surface area (Å²) < 4.78 is 0. The molecule has 0 radical (unpaired) electrons. The summed E-state index contributed by atoms with van der Waals surface area (Å²) in [6.07, 6.45) is 0. The van der Waals surface area contributed by atoms with E-state index in [2.05, 4.69) is 28.5 Å².